The molecule has 1 heterocycles. The maximum Gasteiger partial charge on any atom is 0.306 e. The molecule has 0 aromatic carbocycles. The number of sulfone groups is 1. The Morgan fingerprint density at radius 2 is 1.83 bits per heavy atom. The fraction of sp³-hybridized carbons (Fsp3) is 0.917. The van der Waals surface area contributed by atoms with Gasteiger partial charge in [0.2, 0.25) is 0 Å². The summed E-state index contributed by atoms with van der Waals surface area (Å²) in [6.45, 7) is 0. The molecule has 1 aliphatic carbocycles. The summed E-state index contributed by atoms with van der Waals surface area (Å²) >= 11 is 0. The number of rotatable bonds is 3. The second kappa shape index (κ2) is 5.57. The van der Waals surface area contributed by atoms with Crippen LogP contribution in [0.4, 0.5) is 0 Å². The number of aliphatic carboxylic acids is 1. The summed E-state index contributed by atoms with van der Waals surface area (Å²) < 4.78 is 23.1. The SMILES string of the molecule is O=C(O)C1CCCC(NC2CCCS(=O)(=O)C2)C1. The molecule has 2 aliphatic rings. The molecule has 1 aliphatic heterocycles. The van der Waals surface area contributed by atoms with Crippen molar-refractivity contribution in [3.63, 3.8) is 0 Å². The van der Waals surface area contributed by atoms with E-state index in [1.165, 1.54) is 0 Å². The van der Waals surface area contributed by atoms with Crippen LogP contribution in [0.25, 0.3) is 0 Å². The maximum absolute atomic E-state index is 11.5. The van der Waals surface area contributed by atoms with Crippen LogP contribution in [-0.4, -0.2) is 43.1 Å². The lowest BCUT2D eigenvalue weighted by molar-refractivity contribution is -0.143. The Kier molecular flexibility index (Phi) is 4.27. The van der Waals surface area contributed by atoms with Crippen LogP contribution < -0.4 is 5.32 Å². The summed E-state index contributed by atoms with van der Waals surface area (Å²) in [5.41, 5.74) is 0. The molecule has 3 atom stereocenters. The Bertz CT molecular complexity index is 406. The molecule has 0 bridgehead atoms. The molecule has 1 saturated carbocycles. The third kappa shape index (κ3) is 3.68. The summed E-state index contributed by atoms with van der Waals surface area (Å²) in [6, 6.07) is 0.180. The summed E-state index contributed by atoms with van der Waals surface area (Å²) in [6.07, 6.45) is 4.85. The molecule has 6 heteroatoms. The van der Waals surface area contributed by atoms with Crippen molar-refractivity contribution >= 4 is 15.8 Å². The first kappa shape index (κ1) is 13.8. The van der Waals surface area contributed by atoms with Crippen LogP contribution in [0.5, 0.6) is 0 Å². The van der Waals surface area contributed by atoms with Gasteiger partial charge in [0.25, 0.3) is 0 Å². The van der Waals surface area contributed by atoms with Gasteiger partial charge in [0, 0.05) is 12.1 Å². The zero-order valence-electron chi connectivity index (χ0n) is 10.5. The highest BCUT2D eigenvalue weighted by molar-refractivity contribution is 7.91. The quantitative estimate of drug-likeness (QED) is 0.796. The van der Waals surface area contributed by atoms with Crippen molar-refractivity contribution in [2.75, 3.05) is 11.5 Å². The first-order valence-corrected chi connectivity index (χ1v) is 8.48. The van der Waals surface area contributed by atoms with Crippen LogP contribution in [0, 0.1) is 5.92 Å². The topological polar surface area (TPSA) is 83.5 Å². The zero-order valence-corrected chi connectivity index (χ0v) is 11.3. The van der Waals surface area contributed by atoms with Crippen molar-refractivity contribution in [3.8, 4) is 0 Å². The Hall–Kier alpha value is -0.620. The van der Waals surface area contributed by atoms with E-state index in [4.69, 9.17) is 5.11 Å². The smallest absolute Gasteiger partial charge is 0.306 e. The predicted molar refractivity (Wildman–Crippen MR) is 68.2 cm³/mol. The lowest BCUT2D eigenvalue weighted by Gasteiger charge is -2.32. The van der Waals surface area contributed by atoms with Gasteiger partial charge in [-0.2, -0.15) is 0 Å². The van der Waals surface area contributed by atoms with Gasteiger partial charge < -0.3 is 10.4 Å². The molecule has 0 spiro atoms. The van der Waals surface area contributed by atoms with Crippen molar-refractivity contribution in [1.29, 1.82) is 0 Å². The van der Waals surface area contributed by atoms with E-state index < -0.39 is 15.8 Å². The molecule has 5 nitrogen and oxygen atoms in total. The van der Waals surface area contributed by atoms with Crippen molar-refractivity contribution < 1.29 is 18.3 Å². The summed E-state index contributed by atoms with van der Waals surface area (Å²) in [7, 11) is -2.89. The molecule has 1 saturated heterocycles. The molecule has 2 fully saturated rings. The average molecular weight is 275 g/mol. The van der Waals surface area contributed by atoms with Gasteiger partial charge in [0.1, 0.15) is 0 Å². The minimum absolute atomic E-state index is 0.0151. The number of hydrogen-bond acceptors (Lipinski definition) is 4. The van der Waals surface area contributed by atoms with Gasteiger partial charge in [-0.1, -0.05) is 6.42 Å². The zero-order chi connectivity index (χ0) is 13.2. The van der Waals surface area contributed by atoms with Crippen molar-refractivity contribution in [2.24, 2.45) is 5.92 Å². The maximum atomic E-state index is 11.5. The molecule has 0 aromatic rings. The molecular formula is C12H21NO4S. The molecule has 2 rings (SSSR count). The molecule has 3 unspecified atom stereocenters. The standard InChI is InChI=1S/C12H21NO4S/c14-12(15)9-3-1-4-10(7-9)13-11-5-2-6-18(16,17)8-11/h9-11,13H,1-8H2,(H,14,15). The van der Waals surface area contributed by atoms with E-state index in [1.54, 1.807) is 0 Å². The van der Waals surface area contributed by atoms with E-state index in [-0.39, 0.29) is 23.8 Å². The Balaban J connectivity index is 1.87. The molecule has 104 valence electrons. The molecule has 0 amide bonds. The van der Waals surface area contributed by atoms with Gasteiger partial charge in [-0.15, -0.1) is 0 Å². The van der Waals surface area contributed by atoms with Crippen LogP contribution in [-0.2, 0) is 14.6 Å². The van der Waals surface area contributed by atoms with Gasteiger partial charge in [-0.25, -0.2) is 8.42 Å². The Morgan fingerprint density at radius 1 is 1.11 bits per heavy atom. The highest BCUT2D eigenvalue weighted by atomic mass is 32.2. The fourth-order valence-electron chi connectivity index (χ4n) is 3.05. The van der Waals surface area contributed by atoms with Crippen LogP contribution in [0.1, 0.15) is 38.5 Å². The highest BCUT2D eigenvalue weighted by Crippen LogP contribution is 2.25. The first-order valence-electron chi connectivity index (χ1n) is 6.65. The van der Waals surface area contributed by atoms with Crippen molar-refractivity contribution in [2.45, 2.75) is 50.6 Å². The summed E-state index contributed by atoms with van der Waals surface area (Å²) in [4.78, 5) is 11.0. The van der Waals surface area contributed by atoms with Gasteiger partial charge in [-0.3, -0.25) is 4.79 Å². The third-order valence-corrected chi connectivity index (χ3v) is 5.78. The second-order valence-electron chi connectivity index (χ2n) is 5.52. The van der Waals surface area contributed by atoms with Gasteiger partial charge in [-0.05, 0) is 32.1 Å². The number of carboxylic acid groups (broad SMARTS) is 1. The summed E-state index contributed by atoms with van der Waals surface area (Å²) in [5, 5.41) is 12.4. The summed E-state index contributed by atoms with van der Waals surface area (Å²) in [5.74, 6) is -0.483. The molecular weight excluding hydrogens is 254 g/mol. The third-order valence-electron chi connectivity index (χ3n) is 3.96. The van der Waals surface area contributed by atoms with Crippen LogP contribution >= 0.6 is 0 Å². The number of nitrogens with one attached hydrogen (secondary N) is 1. The molecule has 0 aromatic heterocycles. The molecule has 18 heavy (non-hydrogen) atoms. The van der Waals surface area contributed by atoms with E-state index in [2.05, 4.69) is 5.32 Å². The normalized spacial score (nSPS) is 36.1. The number of carboxylic acids is 1. The first-order chi connectivity index (χ1) is 8.46. The van der Waals surface area contributed by atoms with Gasteiger partial charge in [0.15, 0.2) is 9.84 Å². The average Bonchev–Trinajstić information content (AvgIpc) is 2.28. The highest BCUT2D eigenvalue weighted by Gasteiger charge is 2.31. The monoisotopic (exact) mass is 275 g/mol. The van der Waals surface area contributed by atoms with E-state index in [0.717, 1.165) is 32.1 Å². The van der Waals surface area contributed by atoms with E-state index in [9.17, 15) is 13.2 Å². The molecule has 0 radical (unpaired) electrons. The van der Waals surface area contributed by atoms with Crippen LogP contribution in [0.2, 0.25) is 0 Å². The minimum Gasteiger partial charge on any atom is -0.481 e. The Labute approximate surface area is 108 Å². The van der Waals surface area contributed by atoms with Crippen molar-refractivity contribution in [3.05, 3.63) is 0 Å². The number of carbonyl (C=O) groups is 1. The number of hydrogen-bond donors (Lipinski definition) is 2. The van der Waals surface area contributed by atoms with Crippen LogP contribution in [0.15, 0.2) is 0 Å². The van der Waals surface area contributed by atoms with E-state index in [1.807, 2.05) is 0 Å². The van der Waals surface area contributed by atoms with E-state index >= 15 is 0 Å². The van der Waals surface area contributed by atoms with Crippen LogP contribution in [0.3, 0.4) is 0 Å². The largest absolute Gasteiger partial charge is 0.481 e. The van der Waals surface area contributed by atoms with E-state index in [0.29, 0.717) is 12.2 Å². The minimum atomic E-state index is -2.89. The lowest BCUT2D eigenvalue weighted by Crippen LogP contribution is -2.47. The predicted octanol–water partition coefficient (Wildman–Crippen LogP) is 0.797. The fourth-order valence-corrected chi connectivity index (χ4v) is 4.70. The second-order valence-corrected chi connectivity index (χ2v) is 7.75. The van der Waals surface area contributed by atoms with Gasteiger partial charge in [0.05, 0.1) is 17.4 Å². The Morgan fingerprint density at radius 3 is 2.50 bits per heavy atom. The lowest BCUT2D eigenvalue weighted by atomic mass is 9.85. The van der Waals surface area contributed by atoms with Gasteiger partial charge >= 0.3 is 5.97 Å². The molecule has 2 N–H and O–H groups in total. The van der Waals surface area contributed by atoms with Crippen molar-refractivity contribution in [1.82, 2.24) is 5.32 Å².